The number of rotatable bonds is 9. The molecule has 0 radical (unpaired) electrons. The fraction of sp³-hybridized carbons (Fsp3) is 0.370. The molecule has 0 unspecified atom stereocenters. The van der Waals surface area contributed by atoms with Gasteiger partial charge in [-0.1, -0.05) is 29.4 Å². The summed E-state index contributed by atoms with van der Waals surface area (Å²) < 4.78 is 63.6. The van der Waals surface area contributed by atoms with Crippen LogP contribution in [0.4, 0.5) is 13.2 Å². The van der Waals surface area contributed by atoms with Gasteiger partial charge in [0.2, 0.25) is 0 Å². The summed E-state index contributed by atoms with van der Waals surface area (Å²) in [4.78, 5) is 14.4. The first-order valence-corrected chi connectivity index (χ1v) is 11.9. The summed E-state index contributed by atoms with van der Waals surface area (Å²) >= 11 is 0. The Bertz CT molecular complexity index is 1240. The molecular formula is C27H28F3N3O6. The van der Waals surface area contributed by atoms with Crippen LogP contribution in [0.5, 0.6) is 5.75 Å². The average molecular weight is 548 g/mol. The Morgan fingerprint density at radius 3 is 2.10 bits per heavy atom. The molecule has 1 aliphatic rings. The smallest absolute Gasteiger partial charge is 0.406 e. The van der Waals surface area contributed by atoms with Gasteiger partial charge < -0.3 is 28.5 Å². The minimum absolute atomic E-state index is 0.297. The van der Waals surface area contributed by atoms with Crippen molar-refractivity contribution in [3.63, 3.8) is 0 Å². The van der Waals surface area contributed by atoms with Crippen molar-refractivity contribution < 1.29 is 41.7 Å². The lowest BCUT2D eigenvalue weighted by Crippen LogP contribution is -2.59. The number of benzene rings is 2. The highest BCUT2D eigenvalue weighted by atomic mass is 19.4. The molecule has 0 N–H and O–H groups in total. The molecule has 1 saturated heterocycles. The molecular weight excluding hydrogens is 519 g/mol. The highest BCUT2D eigenvalue weighted by molar-refractivity contribution is 5.80. The third-order valence-corrected chi connectivity index (χ3v) is 6.12. The summed E-state index contributed by atoms with van der Waals surface area (Å²) in [5.41, 5.74) is 2.77. The second-order valence-corrected chi connectivity index (χ2v) is 8.61. The van der Waals surface area contributed by atoms with Crippen molar-refractivity contribution in [2.75, 3.05) is 21.3 Å². The molecule has 0 aliphatic carbocycles. The van der Waals surface area contributed by atoms with E-state index >= 15 is 0 Å². The fourth-order valence-electron chi connectivity index (χ4n) is 4.25. The second-order valence-electron chi connectivity index (χ2n) is 8.61. The molecule has 2 heterocycles. The van der Waals surface area contributed by atoms with Crippen LogP contribution in [-0.4, -0.2) is 74.6 Å². The molecule has 1 aliphatic heterocycles. The molecule has 2 aromatic carbocycles. The van der Waals surface area contributed by atoms with Crippen molar-refractivity contribution in [2.45, 2.75) is 44.0 Å². The normalized spacial score (nSPS) is 23.6. The summed E-state index contributed by atoms with van der Waals surface area (Å²) in [5, 5.41) is 4.07. The largest absolute Gasteiger partial charge is 0.573 e. The molecule has 4 rings (SSSR count). The fourth-order valence-corrected chi connectivity index (χ4v) is 4.25. The van der Waals surface area contributed by atoms with Crippen LogP contribution < -0.4 is 4.74 Å². The predicted molar refractivity (Wildman–Crippen MR) is 135 cm³/mol. The van der Waals surface area contributed by atoms with Gasteiger partial charge in [-0.05, 0) is 42.8 Å². The van der Waals surface area contributed by atoms with Crippen LogP contribution in [0, 0.1) is 0 Å². The summed E-state index contributed by atoms with van der Waals surface area (Å²) in [5.74, 6) is 0.0493. The molecule has 9 nitrogen and oxygen atoms in total. The Morgan fingerprint density at radius 2 is 1.49 bits per heavy atom. The molecule has 0 saturated carbocycles. The van der Waals surface area contributed by atoms with Gasteiger partial charge in [-0.3, -0.25) is 0 Å². The minimum atomic E-state index is -4.75. The first-order valence-electron chi connectivity index (χ1n) is 11.9. The van der Waals surface area contributed by atoms with Crippen LogP contribution in [-0.2, 0) is 23.8 Å². The van der Waals surface area contributed by atoms with E-state index in [0.717, 1.165) is 11.1 Å². The Hall–Kier alpha value is -3.58. The average Bonchev–Trinajstić information content (AvgIpc) is 2.92. The molecule has 1 aromatic heterocycles. The third kappa shape index (κ3) is 7.09. The minimum Gasteiger partial charge on any atom is -0.406 e. The molecule has 39 heavy (non-hydrogen) atoms. The number of hydrogen-bond donors (Lipinski definition) is 0. The van der Waals surface area contributed by atoms with E-state index in [1.165, 1.54) is 31.4 Å². The molecule has 1 fully saturated rings. The van der Waals surface area contributed by atoms with Crippen molar-refractivity contribution in [1.82, 2.24) is 9.97 Å². The van der Waals surface area contributed by atoms with E-state index in [9.17, 15) is 13.2 Å². The van der Waals surface area contributed by atoms with Crippen molar-refractivity contribution in [3.8, 4) is 28.4 Å². The lowest BCUT2D eigenvalue weighted by atomic mass is 9.99. The van der Waals surface area contributed by atoms with Gasteiger partial charge in [-0.15, -0.1) is 13.2 Å². The van der Waals surface area contributed by atoms with Crippen molar-refractivity contribution in [1.29, 1.82) is 0 Å². The number of methoxy groups -OCH3 is 3. The first kappa shape index (κ1) is 28.4. The van der Waals surface area contributed by atoms with Crippen LogP contribution in [0.25, 0.3) is 22.6 Å². The quantitative estimate of drug-likeness (QED) is 0.277. The monoisotopic (exact) mass is 547 g/mol. The summed E-state index contributed by atoms with van der Waals surface area (Å²) in [6.45, 7) is 1.86. The Balaban J connectivity index is 1.41. The molecule has 12 heteroatoms. The zero-order valence-corrected chi connectivity index (χ0v) is 21.7. The van der Waals surface area contributed by atoms with Gasteiger partial charge >= 0.3 is 6.36 Å². The molecule has 0 amide bonds. The van der Waals surface area contributed by atoms with E-state index in [1.807, 2.05) is 31.2 Å². The molecule has 0 spiro atoms. The van der Waals surface area contributed by atoms with Gasteiger partial charge in [-0.25, -0.2) is 9.97 Å². The molecule has 208 valence electrons. The lowest BCUT2D eigenvalue weighted by Gasteiger charge is -2.42. The van der Waals surface area contributed by atoms with Crippen LogP contribution in [0.2, 0.25) is 0 Å². The van der Waals surface area contributed by atoms with Gasteiger partial charge in [0.05, 0.1) is 18.0 Å². The number of nitrogens with zero attached hydrogens (tertiary/aromatic N) is 3. The van der Waals surface area contributed by atoms with Crippen LogP contribution in [0.15, 0.2) is 65.9 Å². The maximum Gasteiger partial charge on any atom is 0.573 e. The summed E-state index contributed by atoms with van der Waals surface area (Å²) in [7, 11) is 4.70. The van der Waals surface area contributed by atoms with Gasteiger partial charge in [0.15, 0.2) is 11.9 Å². The van der Waals surface area contributed by atoms with E-state index in [0.29, 0.717) is 17.1 Å². The van der Waals surface area contributed by atoms with Gasteiger partial charge in [0.25, 0.3) is 6.29 Å². The van der Waals surface area contributed by atoms with Crippen LogP contribution >= 0.6 is 0 Å². The van der Waals surface area contributed by atoms with E-state index in [1.54, 1.807) is 32.7 Å². The lowest BCUT2D eigenvalue weighted by molar-refractivity contribution is -0.305. The van der Waals surface area contributed by atoms with E-state index in [4.69, 9.17) is 23.8 Å². The standard InChI is InChI=1S/C27H28F3N3O6/c1-16-22(34-2)23(35-3)24(36-4)26(37-16)39-32-15-17-5-7-18(8-6-17)21-13-14-31-25(33-21)19-9-11-20(12-10-19)38-27(28,29)30/h5-16,22-24,26H,1-4H3/b32-15+/t16-,22-,23+,24+,26-/m0/s1. The number of hydrogen-bond acceptors (Lipinski definition) is 9. The Kier molecular flexibility index (Phi) is 9.12. The highest BCUT2D eigenvalue weighted by Crippen LogP contribution is 2.28. The van der Waals surface area contributed by atoms with E-state index in [2.05, 4.69) is 19.9 Å². The second kappa shape index (κ2) is 12.5. The van der Waals surface area contributed by atoms with Gasteiger partial charge in [-0.2, -0.15) is 0 Å². The van der Waals surface area contributed by atoms with Gasteiger partial charge in [0, 0.05) is 38.7 Å². The number of alkyl halides is 3. The maximum absolute atomic E-state index is 12.4. The van der Waals surface area contributed by atoms with Gasteiger partial charge in [0.1, 0.15) is 18.0 Å². The number of oxime groups is 1. The predicted octanol–water partition coefficient (Wildman–Crippen LogP) is 4.85. The van der Waals surface area contributed by atoms with Crippen molar-refractivity contribution >= 4 is 6.21 Å². The molecule has 0 bridgehead atoms. The summed E-state index contributed by atoms with van der Waals surface area (Å²) in [6.07, 6.45) is -3.97. The zero-order chi connectivity index (χ0) is 28.0. The van der Waals surface area contributed by atoms with Crippen molar-refractivity contribution in [3.05, 3.63) is 66.4 Å². The van der Waals surface area contributed by atoms with Crippen LogP contribution in [0.1, 0.15) is 12.5 Å². The number of halogens is 3. The topological polar surface area (TPSA) is 93.5 Å². The SMILES string of the molecule is CO[C@@H]1[C@@H](OC)[C@H](C)O[C@@H](O/N=C/c2ccc(-c3ccnc(-c4ccc(OC(F)(F)F)cc4)n3)cc2)[C@@H]1OC. The summed E-state index contributed by atoms with van der Waals surface area (Å²) in [6, 6.07) is 14.5. The first-order chi connectivity index (χ1) is 18.7. The highest BCUT2D eigenvalue weighted by Gasteiger charge is 2.46. The zero-order valence-electron chi connectivity index (χ0n) is 21.7. The Labute approximate surface area is 223 Å². The number of ether oxygens (including phenoxy) is 5. The van der Waals surface area contributed by atoms with Crippen LogP contribution in [0.3, 0.4) is 0 Å². The van der Waals surface area contributed by atoms with Crippen molar-refractivity contribution in [2.24, 2.45) is 5.16 Å². The van der Waals surface area contributed by atoms with E-state index in [-0.39, 0.29) is 18.0 Å². The Morgan fingerprint density at radius 1 is 0.846 bits per heavy atom. The van der Waals surface area contributed by atoms with E-state index < -0.39 is 24.9 Å². The molecule has 5 atom stereocenters. The molecule has 3 aromatic rings. The third-order valence-electron chi connectivity index (χ3n) is 6.12. The maximum atomic E-state index is 12.4. The number of aromatic nitrogens is 2.